The van der Waals surface area contributed by atoms with Crippen LogP contribution in [0.1, 0.15) is 26.2 Å². The van der Waals surface area contributed by atoms with Gasteiger partial charge in [0.2, 0.25) is 0 Å². The number of aliphatic hydroxyl groups is 1. The molecule has 19 heavy (non-hydrogen) atoms. The molecule has 5 heteroatoms. The van der Waals surface area contributed by atoms with Gasteiger partial charge in [-0.2, -0.15) is 0 Å². The van der Waals surface area contributed by atoms with Crippen LogP contribution in [0.2, 0.25) is 0 Å². The molecule has 0 amide bonds. The molecule has 1 aromatic heterocycles. The largest absolute Gasteiger partial charge is 0.392 e. The third-order valence-electron chi connectivity index (χ3n) is 4.68. The maximum atomic E-state index is 10.2. The highest BCUT2D eigenvalue weighted by molar-refractivity contribution is 5.36. The number of aliphatic hydroxyl groups excluding tert-OH is 1. The molecule has 2 unspecified atom stereocenters. The van der Waals surface area contributed by atoms with E-state index in [9.17, 15) is 5.11 Å². The van der Waals surface area contributed by atoms with Crippen LogP contribution in [0.25, 0.3) is 0 Å². The molecular weight excluding hydrogens is 242 g/mol. The van der Waals surface area contributed by atoms with Gasteiger partial charge in [0.1, 0.15) is 5.82 Å². The zero-order chi connectivity index (χ0) is 13.3. The summed E-state index contributed by atoms with van der Waals surface area (Å²) in [6.07, 6.45) is 7.97. The molecule has 1 saturated carbocycles. The second kappa shape index (κ2) is 5.06. The van der Waals surface area contributed by atoms with Gasteiger partial charge in [-0.1, -0.05) is 0 Å². The van der Waals surface area contributed by atoms with Crippen molar-refractivity contribution in [2.24, 2.45) is 5.41 Å². The molecule has 0 radical (unpaired) electrons. The second-order valence-corrected chi connectivity index (χ2v) is 5.48. The zero-order valence-corrected chi connectivity index (χ0v) is 11.3. The highest BCUT2D eigenvalue weighted by atomic mass is 16.5. The average Bonchev–Trinajstić information content (AvgIpc) is 2.48. The Kier molecular flexibility index (Phi) is 3.41. The van der Waals surface area contributed by atoms with E-state index in [4.69, 9.17) is 4.74 Å². The van der Waals surface area contributed by atoms with Crippen LogP contribution < -0.4 is 4.90 Å². The first-order chi connectivity index (χ1) is 9.26. The highest BCUT2D eigenvalue weighted by Crippen LogP contribution is 2.51. The van der Waals surface area contributed by atoms with Crippen molar-refractivity contribution in [1.29, 1.82) is 0 Å². The Bertz CT molecular complexity index is 416. The van der Waals surface area contributed by atoms with Gasteiger partial charge in [-0.15, -0.1) is 0 Å². The molecule has 1 N–H and O–H groups in total. The summed E-state index contributed by atoms with van der Waals surface area (Å²) in [5.41, 5.74) is -0.0191. The summed E-state index contributed by atoms with van der Waals surface area (Å²) in [5.74, 6) is 0.930. The first kappa shape index (κ1) is 12.8. The first-order valence-electron chi connectivity index (χ1n) is 7.07. The lowest BCUT2D eigenvalue weighted by molar-refractivity contribution is -0.199. The van der Waals surface area contributed by atoms with E-state index in [1.54, 1.807) is 18.6 Å². The number of ether oxygens (including phenoxy) is 1. The minimum Gasteiger partial charge on any atom is -0.392 e. The molecule has 0 aromatic carbocycles. The van der Waals surface area contributed by atoms with Gasteiger partial charge in [-0.3, -0.25) is 4.98 Å². The molecule has 104 valence electrons. The Balaban J connectivity index is 1.66. The normalized spacial score (nSPS) is 29.3. The maximum Gasteiger partial charge on any atom is 0.147 e. The van der Waals surface area contributed by atoms with Gasteiger partial charge in [0.25, 0.3) is 0 Å². The van der Waals surface area contributed by atoms with Crippen LogP contribution in [0.4, 0.5) is 5.82 Å². The van der Waals surface area contributed by atoms with Crippen molar-refractivity contribution in [2.45, 2.75) is 38.4 Å². The lowest BCUT2D eigenvalue weighted by Crippen LogP contribution is -2.62. The molecule has 5 nitrogen and oxygen atoms in total. The highest BCUT2D eigenvalue weighted by Gasteiger charge is 2.56. The van der Waals surface area contributed by atoms with Crippen molar-refractivity contribution >= 4 is 5.82 Å². The maximum absolute atomic E-state index is 10.2. The van der Waals surface area contributed by atoms with Gasteiger partial charge in [0.15, 0.2) is 0 Å². The smallest absolute Gasteiger partial charge is 0.147 e. The quantitative estimate of drug-likeness (QED) is 0.889. The van der Waals surface area contributed by atoms with Gasteiger partial charge in [0, 0.05) is 43.9 Å². The van der Waals surface area contributed by atoms with E-state index in [1.807, 2.05) is 6.92 Å². The van der Waals surface area contributed by atoms with Crippen LogP contribution in [-0.2, 0) is 4.74 Å². The van der Waals surface area contributed by atoms with Gasteiger partial charge in [0.05, 0.1) is 18.4 Å². The predicted molar refractivity (Wildman–Crippen MR) is 71.9 cm³/mol. The third-order valence-corrected chi connectivity index (χ3v) is 4.68. The summed E-state index contributed by atoms with van der Waals surface area (Å²) >= 11 is 0. The molecular formula is C14H21N3O2. The van der Waals surface area contributed by atoms with Crippen molar-refractivity contribution in [2.75, 3.05) is 24.6 Å². The lowest BCUT2D eigenvalue weighted by atomic mass is 9.58. The number of anilines is 1. The van der Waals surface area contributed by atoms with E-state index >= 15 is 0 Å². The molecule has 1 saturated heterocycles. The van der Waals surface area contributed by atoms with Crippen LogP contribution in [0.3, 0.4) is 0 Å². The van der Waals surface area contributed by atoms with Crippen molar-refractivity contribution < 1.29 is 9.84 Å². The predicted octanol–water partition coefficient (Wildman–Crippen LogP) is 1.23. The van der Waals surface area contributed by atoms with Crippen molar-refractivity contribution in [3.05, 3.63) is 18.6 Å². The Hall–Kier alpha value is -1.20. The Morgan fingerprint density at radius 2 is 2.21 bits per heavy atom. The van der Waals surface area contributed by atoms with Gasteiger partial charge in [-0.05, 0) is 19.8 Å². The first-order valence-corrected chi connectivity index (χ1v) is 7.07. The monoisotopic (exact) mass is 263 g/mol. The molecule has 2 fully saturated rings. The van der Waals surface area contributed by atoms with Gasteiger partial charge in [-0.25, -0.2) is 4.98 Å². The number of piperidine rings is 1. The third kappa shape index (κ3) is 2.11. The van der Waals surface area contributed by atoms with Crippen molar-refractivity contribution in [1.82, 2.24) is 9.97 Å². The number of nitrogens with zero attached hydrogens (tertiary/aromatic N) is 3. The van der Waals surface area contributed by atoms with E-state index in [2.05, 4.69) is 14.9 Å². The topological polar surface area (TPSA) is 58.5 Å². The Morgan fingerprint density at radius 3 is 2.79 bits per heavy atom. The molecule has 1 aliphatic carbocycles. The number of aromatic nitrogens is 2. The Labute approximate surface area is 113 Å². The van der Waals surface area contributed by atoms with Crippen LogP contribution in [0, 0.1) is 5.41 Å². The molecule has 1 aromatic rings. The van der Waals surface area contributed by atoms with Crippen LogP contribution in [0.5, 0.6) is 0 Å². The van der Waals surface area contributed by atoms with Crippen LogP contribution >= 0.6 is 0 Å². The van der Waals surface area contributed by atoms with Crippen molar-refractivity contribution in [3.8, 4) is 0 Å². The summed E-state index contributed by atoms with van der Waals surface area (Å²) < 4.78 is 5.78. The molecule has 1 aliphatic heterocycles. The average molecular weight is 263 g/mol. The van der Waals surface area contributed by atoms with Gasteiger partial charge >= 0.3 is 0 Å². The van der Waals surface area contributed by atoms with Crippen LogP contribution in [0.15, 0.2) is 18.6 Å². The SMILES string of the molecule is CCOC1CC(O)C12CCN(c1cnccn1)CC2. The van der Waals surface area contributed by atoms with E-state index in [1.165, 1.54) is 0 Å². The summed E-state index contributed by atoms with van der Waals surface area (Å²) in [6.45, 7) is 4.58. The fourth-order valence-electron chi connectivity index (χ4n) is 3.42. The summed E-state index contributed by atoms with van der Waals surface area (Å²) in [5, 5.41) is 10.2. The standard InChI is InChI=1S/C14H21N3O2/c1-2-19-12-9-11(18)14(12)3-7-17(8-4-14)13-10-15-5-6-16-13/h5-6,10-12,18H,2-4,7-9H2,1H3. The van der Waals surface area contributed by atoms with Gasteiger partial charge < -0.3 is 14.7 Å². The molecule has 3 rings (SSSR count). The van der Waals surface area contributed by atoms with E-state index in [-0.39, 0.29) is 17.6 Å². The summed E-state index contributed by atoms with van der Waals surface area (Å²) in [4.78, 5) is 10.7. The number of hydrogen-bond acceptors (Lipinski definition) is 5. The fourth-order valence-corrected chi connectivity index (χ4v) is 3.42. The lowest BCUT2D eigenvalue weighted by Gasteiger charge is -2.56. The minimum absolute atomic E-state index is 0.0191. The molecule has 2 heterocycles. The fraction of sp³-hybridized carbons (Fsp3) is 0.714. The minimum atomic E-state index is -0.201. The van der Waals surface area contributed by atoms with Crippen molar-refractivity contribution in [3.63, 3.8) is 0 Å². The summed E-state index contributed by atoms with van der Waals surface area (Å²) in [6, 6.07) is 0. The molecule has 1 spiro atoms. The van der Waals surface area contributed by atoms with Crippen LogP contribution in [-0.4, -0.2) is 47.0 Å². The second-order valence-electron chi connectivity index (χ2n) is 5.48. The molecule has 0 bridgehead atoms. The number of hydrogen-bond donors (Lipinski definition) is 1. The summed E-state index contributed by atoms with van der Waals surface area (Å²) in [7, 11) is 0. The van der Waals surface area contributed by atoms with E-state index in [0.717, 1.165) is 44.8 Å². The zero-order valence-electron chi connectivity index (χ0n) is 11.3. The molecule has 2 atom stereocenters. The number of rotatable bonds is 3. The van der Waals surface area contributed by atoms with E-state index < -0.39 is 0 Å². The Morgan fingerprint density at radius 1 is 1.42 bits per heavy atom. The molecule has 2 aliphatic rings. The van der Waals surface area contributed by atoms with E-state index in [0.29, 0.717) is 0 Å².